The lowest BCUT2D eigenvalue weighted by Crippen LogP contribution is -2.45. The van der Waals surface area contributed by atoms with Gasteiger partial charge >= 0.3 is 0 Å². The number of H-pyrrole nitrogens is 2. The number of methoxy groups -OCH3 is 1. The molecule has 1 aliphatic rings. The molecule has 8 nitrogen and oxygen atoms in total. The van der Waals surface area contributed by atoms with Crippen molar-refractivity contribution in [2.24, 2.45) is 0 Å². The second-order valence-corrected chi connectivity index (χ2v) is 6.86. The minimum absolute atomic E-state index is 0.202. The van der Waals surface area contributed by atoms with Gasteiger partial charge in [0.15, 0.2) is 0 Å². The third kappa shape index (κ3) is 2.91. The summed E-state index contributed by atoms with van der Waals surface area (Å²) < 4.78 is 19.4. The second kappa shape index (κ2) is 6.69. The third-order valence-electron chi connectivity index (χ3n) is 5.22. The van der Waals surface area contributed by atoms with Gasteiger partial charge in [-0.3, -0.25) is 9.89 Å². The number of pyridine rings is 2. The summed E-state index contributed by atoms with van der Waals surface area (Å²) in [4.78, 5) is 26.1. The van der Waals surface area contributed by atoms with E-state index < -0.39 is 5.95 Å². The molecule has 0 aliphatic carbocycles. The number of fused-ring (bicyclic) bond motifs is 1. The Hall–Kier alpha value is -3.75. The van der Waals surface area contributed by atoms with Gasteiger partial charge in [0.1, 0.15) is 17.1 Å². The third-order valence-corrected chi connectivity index (χ3v) is 5.22. The van der Waals surface area contributed by atoms with Crippen LogP contribution in [0, 0.1) is 5.95 Å². The van der Waals surface area contributed by atoms with Crippen LogP contribution >= 0.6 is 0 Å². The number of aromatic amines is 2. The fourth-order valence-electron chi connectivity index (χ4n) is 3.57. The van der Waals surface area contributed by atoms with Crippen LogP contribution in [0.2, 0.25) is 0 Å². The highest BCUT2D eigenvalue weighted by Crippen LogP contribution is 2.37. The molecule has 9 heteroatoms. The summed E-state index contributed by atoms with van der Waals surface area (Å²) in [5.74, 6) is -0.329. The maximum atomic E-state index is 14.2. The molecule has 4 aromatic rings. The van der Waals surface area contributed by atoms with Gasteiger partial charge in [0.05, 0.1) is 31.2 Å². The number of likely N-dealkylation sites (tertiary alicyclic amines) is 1. The zero-order valence-electron chi connectivity index (χ0n) is 15.5. The van der Waals surface area contributed by atoms with Crippen molar-refractivity contribution < 1.29 is 13.9 Å². The Labute approximate surface area is 164 Å². The van der Waals surface area contributed by atoms with Crippen molar-refractivity contribution in [3.05, 3.63) is 60.1 Å². The van der Waals surface area contributed by atoms with Crippen molar-refractivity contribution in [2.45, 2.75) is 12.5 Å². The quantitative estimate of drug-likeness (QED) is 0.520. The first-order valence-electron chi connectivity index (χ1n) is 9.13. The van der Waals surface area contributed by atoms with Gasteiger partial charge in [0.2, 0.25) is 5.95 Å². The smallest absolute Gasteiger partial charge is 0.270 e. The number of carbonyl (C=O) groups excluding carboxylic acids is 1. The highest BCUT2D eigenvalue weighted by molar-refractivity contribution is 5.98. The number of hydrogen-bond acceptors (Lipinski definition) is 5. The van der Waals surface area contributed by atoms with E-state index in [0.29, 0.717) is 35.6 Å². The van der Waals surface area contributed by atoms with Crippen LogP contribution in [0.25, 0.3) is 22.3 Å². The summed E-state index contributed by atoms with van der Waals surface area (Å²) >= 11 is 0. The molecule has 5 heterocycles. The summed E-state index contributed by atoms with van der Waals surface area (Å²) in [6, 6.07) is 6.76. The van der Waals surface area contributed by atoms with Crippen LogP contribution < -0.4 is 4.74 Å². The van der Waals surface area contributed by atoms with E-state index in [9.17, 15) is 9.18 Å². The standard InChI is InChI=1S/C20H17FN6O2/c1-29-13-7-14(18(21)22-10-13)17-4-5-27(17)20(28)16-6-11-2-3-15(25-19(11)26-16)12-8-23-24-9-12/h2-3,6-10,17H,4-5H2,1H3,(H,23,24)(H,25,26)/t17-/m1/s1. The summed E-state index contributed by atoms with van der Waals surface area (Å²) in [5, 5.41) is 7.51. The van der Waals surface area contributed by atoms with E-state index in [1.54, 1.807) is 29.4 Å². The van der Waals surface area contributed by atoms with Crippen LogP contribution in [0.5, 0.6) is 5.75 Å². The Morgan fingerprint density at radius 1 is 1.31 bits per heavy atom. The fraction of sp³-hybridized carbons (Fsp3) is 0.200. The van der Waals surface area contributed by atoms with E-state index in [2.05, 4.69) is 25.1 Å². The zero-order chi connectivity index (χ0) is 20.0. The van der Waals surface area contributed by atoms with E-state index in [-0.39, 0.29) is 11.9 Å². The molecule has 0 spiro atoms. The Morgan fingerprint density at radius 2 is 2.21 bits per heavy atom. The average molecular weight is 392 g/mol. The molecule has 0 saturated carbocycles. The van der Waals surface area contributed by atoms with Crippen molar-refractivity contribution in [3.8, 4) is 17.0 Å². The van der Waals surface area contributed by atoms with E-state index in [0.717, 1.165) is 16.6 Å². The van der Waals surface area contributed by atoms with Crippen LogP contribution in [0.1, 0.15) is 28.5 Å². The van der Waals surface area contributed by atoms with Gasteiger partial charge in [0.25, 0.3) is 5.91 Å². The lowest BCUT2D eigenvalue weighted by molar-refractivity contribution is 0.0445. The number of amides is 1. The molecule has 146 valence electrons. The number of nitrogens with zero attached hydrogens (tertiary/aromatic N) is 4. The molecule has 4 aromatic heterocycles. The Bertz CT molecular complexity index is 1200. The monoisotopic (exact) mass is 392 g/mol. The summed E-state index contributed by atoms with van der Waals surface area (Å²) in [6.07, 6.45) is 5.43. The van der Waals surface area contributed by atoms with Crippen molar-refractivity contribution in [2.75, 3.05) is 13.7 Å². The lowest BCUT2D eigenvalue weighted by Gasteiger charge is -2.41. The van der Waals surface area contributed by atoms with E-state index >= 15 is 0 Å². The topological polar surface area (TPSA) is 99.8 Å². The van der Waals surface area contributed by atoms with Gasteiger partial charge in [0, 0.05) is 29.3 Å². The first-order chi connectivity index (χ1) is 14.1. The van der Waals surface area contributed by atoms with Gasteiger partial charge in [-0.2, -0.15) is 9.49 Å². The molecule has 1 fully saturated rings. The highest BCUT2D eigenvalue weighted by atomic mass is 19.1. The molecule has 1 saturated heterocycles. The minimum Gasteiger partial charge on any atom is -0.495 e. The number of halogens is 1. The average Bonchev–Trinajstić information content (AvgIpc) is 3.38. The predicted molar refractivity (Wildman–Crippen MR) is 103 cm³/mol. The molecule has 1 atom stereocenters. The first kappa shape index (κ1) is 17.4. The predicted octanol–water partition coefficient (Wildman–Crippen LogP) is 3.08. The molecule has 1 aliphatic heterocycles. The molecule has 0 unspecified atom stereocenters. The van der Waals surface area contributed by atoms with Crippen LogP contribution in [-0.2, 0) is 0 Å². The van der Waals surface area contributed by atoms with Gasteiger partial charge in [-0.05, 0) is 30.7 Å². The molecular formula is C20H17FN6O2. The lowest BCUT2D eigenvalue weighted by atomic mass is 9.95. The number of ether oxygens (including phenoxy) is 1. The largest absolute Gasteiger partial charge is 0.495 e. The summed E-state index contributed by atoms with van der Waals surface area (Å²) in [6.45, 7) is 0.545. The second-order valence-electron chi connectivity index (χ2n) is 6.86. The molecular weight excluding hydrogens is 375 g/mol. The van der Waals surface area contributed by atoms with Crippen LogP contribution in [0.4, 0.5) is 4.39 Å². The van der Waals surface area contributed by atoms with Crippen molar-refractivity contribution in [3.63, 3.8) is 0 Å². The van der Waals surface area contributed by atoms with Crippen molar-refractivity contribution in [1.29, 1.82) is 0 Å². The van der Waals surface area contributed by atoms with Gasteiger partial charge in [-0.15, -0.1) is 0 Å². The molecule has 5 rings (SSSR count). The summed E-state index contributed by atoms with van der Waals surface area (Å²) in [7, 11) is 1.50. The van der Waals surface area contributed by atoms with E-state index in [1.165, 1.54) is 13.3 Å². The Morgan fingerprint density at radius 3 is 2.93 bits per heavy atom. The fourth-order valence-corrected chi connectivity index (χ4v) is 3.57. The van der Waals surface area contributed by atoms with Crippen LogP contribution in [0.3, 0.4) is 0 Å². The number of aromatic nitrogens is 5. The maximum Gasteiger partial charge on any atom is 0.270 e. The molecule has 29 heavy (non-hydrogen) atoms. The number of hydrogen-bond donors (Lipinski definition) is 2. The highest BCUT2D eigenvalue weighted by Gasteiger charge is 2.36. The zero-order valence-corrected chi connectivity index (χ0v) is 15.5. The molecule has 0 radical (unpaired) electrons. The normalized spacial score (nSPS) is 16.1. The Kier molecular flexibility index (Phi) is 4.01. The molecule has 0 bridgehead atoms. The molecule has 2 N–H and O–H groups in total. The maximum absolute atomic E-state index is 14.2. The van der Waals surface area contributed by atoms with Gasteiger partial charge in [-0.1, -0.05) is 0 Å². The van der Waals surface area contributed by atoms with E-state index in [1.807, 2.05) is 12.1 Å². The number of carbonyl (C=O) groups is 1. The van der Waals surface area contributed by atoms with Crippen molar-refractivity contribution >= 4 is 16.9 Å². The van der Waals surface area contributed by atoms with Gasteiger partial charge < -0.3 is 14.6 Å². The minimum atomic E-state index is -0.587. The van der Waals surface area contributed by atoms with Crippen molar-refractivity contribution in [1.82, 2.24) is 30.0 Å². The van der Waals surface area contributed by atoms with Crippen LogP contribution in [-0.4, -0.2) is 49.6 Å². The first-order valence-corrected chi connectivity index (χ1v) is 9.13. The van der Waals surface area contributed by atoms with Crippen LogP contribution in [0.15, 0.2) is 42.9 Å². The Balaban J connectivity index is 1.44. The summed E-state index contributed by atoms with van der Waals surface area (Å²) in [5.41, 5.74) is 2.99. The SMILES string of the molecule is COc1cnc(F)c([C@H]2CCN2C(=O)c2cc3ccc(-c4cn[nH]c4)nc3[nH]2)c1. The molecule has 0 aromatic carbocycles. The van der Waals surface area contributed by atoms with E-state index in [4.69, 9.17) is 4.74 Å². The molecule has 1 amide bonds. The number of rotatable bonds is 4. The number of nitrogens with one attached hydrogen (secondary N) is 2. The van der Waals surface area contributed by atoms with Gasteiger partial charge in [-0.25, -0.2) is 9.97 Å².